The number of likely N-dealkylation sites (tertiary alicyclic amines) is 2. The summed E-state index contributed by atoms with van der Waals surface area (Å²) >= 11 is 0. The molecule has 0 bridgehead atoms. The van der Waals surface area contributed by atoms with Crippen LogP contribution in [0.3, 0.4) is 0 Å². The maximum absolute atomic E-state index is 12.9. The molecule has 3 aliphatic rings. The number of fused-ring (bicyclic) bond motifs is 1. The summed E-state index contributed by atoms with van der Waals surface area (Å²) in [5.74, 6) is 1.35. The smallest absolute Gasteiger partial charge is 0.242 e. The molecule has 128 valence electrons. The Hall–Kier alpha value is -1.84. The lowest BCUT2D eigenvalue weighted by atomic mass is 9.87. The van der Waals surface area contributed by atoms with Crippen LogP contribution in [0.5, 0.6) is 0 Å². The highest BCUT2D eigenvalue weighted by Gasteiger charge is 2.46. The van der Waals surface area contributed by atoms with E-state index in [9.17, 15) is 9.59 Å². The van der Waals surface area contributed by atoms with Crippen LogP contribution in [0.4, 0.5) is 0 Å². The van der Waals surface area contributed by atoms with Crippen LogP contribution in [0.1, 0.15) is 50.0 Å². The zero-order chi connectivity index (χ0) is 16.5. The number of hydrogen-bond donors (Lipinski definition) is 0. The maximum Gasteiger partial charge on any atom is 0.242 e. The number of piperidine rings is 1. The van der Waals surface area contributed by atoms with Gasteiger partial charge in [-0.3, -0.25) is 9.59 Å². The number of rotatable bonds is 3. The van der Waals surface area contributed by atoms with E-state index in [2.05, 4.69) is 35.2 Å². The van der Waals surface area contributed by atoms with Crippen molar-refractivity contribution in [2.24, 2.45) is 5.92 Å². The largest absolute Gasteiger partial charge is 0.337 e. The Balaban J connectivity index is 1.49. The van der Waals surface area contributed by atoms with Gasteiger partial charge in [-0.2, -0.15) is 0 Å². The minimum absolute atomic E-state index is 0.149. The van der Waals surface area contributed by atoms with E-state index < -0.39 is 0 Å². The highest BCUT2D eigenvalue weighted by atomic mass is 16.2. The molecular formula is C20H26N2O2. The molecule has 0 radical (unpaired) electrons. The molecule has 24 heavy (non-hydrogen) atoms. The number of amides is 2. The zero-order valence-corrected chi connectivity index (χ0v) is 14.2. The van der Waals surface area contributed by atoms with Crippen molar-refractivity contribution in [1.82, 2.24) is 9.80 Å². The molecule has 1 aliphatic carbocycles. The van der Waals surface area contributed by atoms with E-state index in [-0.39, 0.29) is 18.4 Å². The molecule has 4 heteroatoms. The summed E-state index contributed by atoms with van der Waals surface area (Å²) in [5.41, 5.74) is 1.36. The van der Waals surface area contributed by atoms with Gasteiger partial charge in [0, 0.05) is 31.5 Å². The van der Waals surface area contributed by atoms with Crippen molar-refractivity contribution in [1.29, 1.82) is 0 Å². The van der Waals surface area contributed by atoms with Crippen molar-refractivity contribution in [2.75, 3.05) is 19.6 Å². The van der Waals surface area contributed by atoms with Crippen molar-refractivity contribution in [3.05, 3.63) is 35.9 Å². The molecule has 1 aromatic rings. The molecule has 3 fully saturated rings. The third-order valence-corrected chi connectivity index (χ3v) is 6.14. The van der Waals surface area contributed by atoms with Gasteiger partial charge in [0.15, 0.2) is 0 Å². The zero-order valence-electron chi connectivity index (χ0n) is 14.2. The summed E-state index contributed by atoms with van der Waals surface area (Å²) in [7, 11) is 0. The minimum atomic E-state index is 0.149. The first-order valence-electron chi connectivity index (χ1n) is 9.36. The number of carbonyl (C=O) groups is 2. The van der Waals surface area contributed by atoms with Crippen LogP contribution in [-0.2, 0) is 9.59 Å². The van der Waals surface area contributed by atoms with Crippen LogP contribution < -0.4 is 0 Å². The van der Waals surface area contributed by atoms with E-state index in [1.807, 2.05) is 0 Å². The molecule has 1 saturated carbocycles. The van der Waals surface area contributed by atoms with Gasteiger partial charge in [-0.25, -0.2) is 0 Å². The predicted molar refractivity (Wildman–Crippen MR) is 92.5 cm³/mol. The topological polar surface area (TPSA) is 40.6 Å². The summed E-state index contributed by atoms with van der Waals surface area (Å²) in [6.45, 7) is 1.85. The molecule has 0 spiro atoms. The Morgan fingerprint density at radius 3 is 2.71 bits per heavy atom. The Labute approximate surface area is 143 Å². The Kier molecular flexibility index (Phi) is 4.30. The van der Waals surface area contributed by atoms with Gasteiger partial charge >= 0.3 is 0 Å². The molecule has 0 N–H and O–H groups in total. The SMILES string of the molecule is O=C1CCCCN1CC(=O)N1CC(c2ccccc2)C2CCCC21. The molecule has 2 saturated heterocycles. The first-order valence-corrected chi connectivity index (χ1v) is 9.36. The third kappa shape index (κ3) is 2.83. The lowest BCUT2D eigenvalue weighted by Gasteiger charge is -2.30. The second-order valence-electron chi connectivity index (χ2n) is 7.50. The Morgan fingerprint density at radius 1 is 1.08 bits per heavy atom. The summed E-state index contributed by atoms with van der Waals surface area (Å²) in [5, 5.41) is 0. The molecule has 0 aromatic heterocycles. The van der Waals surface area contributed by atoms with Crippen molar-refractivity contribution < 1.29 is 9.59 Å². The molecule has 2 aliphatic heterocycles. The Morgan fingerprint density at radius 2 is 1.92 bits per heavy atom. The van der Waals surface area contributed by atoms with Gasteiger partial charge in [-0.1, -0.05) is 36.8 Å². The standard InChI is InChI=1S/C20H26N2O2/c23-19-11-4-5-12-21(19)14-20(24)22-13-17(15-7-2-1-3-8-15)16-9-6-10-18(16)22/h1-3,7-8,16-18H,4-6,9-14H2. The maximum atomic E-state index is 12.9. The van der Waals surface area contributed by atoms with Crippen molar-refractivity contribution in [3.8, 4) is 0 Å². The van der Waals surface area contributed by atoms with E-state index in [1.54, 1.807) is 4.90 Å². The van der Waals surface area contributed by atoms with E-state index in [0.717, 1.165) is 32.4 Å². The molecule has 2 amide bonds. The van der Waals surface area contributed by atoms with Gasteiger partial charge in [0.05, 0.1) is 6.54 Å². The number of nitrogens with zero attached hydrogens (tertiary/aromatic N) is 2. The highest BCUT2D eigenvalue weighted by Crippen LogP contribution is 2.46. The van der Waals surface area contributed by atoms with Crippen LogP contribution in [0.2, 0.25) is 0 Å². The molecule has 4 rings (SSSR count). The van der Waals surface area contributed by atoms with E-state index >= 15 is 0 Å². The second-order valence-corrected chi connectivity index (χ2v) is 7.50. The lowest BCUT2D eigenvalue weighted by molar-refractivity contribution is -0.142. The third-order valence-electron chi connectivity index (χ3n) is 6.14. The normalized spacial score (nSPS) is 29.8. The highest BCUT2D eigenvalue weighted by molar-refractivity contribution is 5.85. The monoisotopic (exact) mass is 326 g/mol. The van der Waals surface area contributed by atoms with Crippen molar-refractivity contribution >= 4 is 11.8 Å². The first-order chi connectivity index (χ1) is 11.7. The summed E-state index contributed by atoms with van der Waals surface area (Å²) in [6, 6.07) is 11.0. The molecule has 1 aromatic carbocycles. The number of hydrogen-bond acceptors (Lipinski definition) is 2. The van der Waals surface area contributed by atoms with Gasteiger partial charge in [-0.05, 0) is 37.2 Å². The van der Waals surface area contributed by atoms with Gasteiger partial charge < -0.3 is 9.80 Å². The first kappa shape index (κ1) is 15.7. The van der Waals surface area contributed by atoms with Crippen LogP contribution in [0, 0.1) is 5.92 Å². The molecule has 3 unspecified atom stereocenters. The van der Waals surface area contributed by atoms with E-state index in [1.165, 1.54) is 18.4 Å². The number of carbonyl (C=O) groups excluding carboxylic acids is 2. The summed E-state index contributed by atoms with van der Waals surface area (Å²) < 4.78 is 0. The van der Waals surface area contributed by atoms with Gasteiger partial charge in [0.25, 0.3) is 0 Å². The van der Waals surface area contributed by atoms with Crippen molar-refractivity contribution in [3.63, 3.8) is 0 Å². The summed E-state index contributed by atoms with van der Waals surface area (Å²) in [6.07, 6.45) is 6.15. The molecule has 4 nitrogen and oxygen atoms in total. The van der Waals surface area contributed by atoms with Crippen molar-refractivity contribution in [2.45, 2.75) is 50.5 Å². The predicted octanol–water partition coefficient (Wildman–Crippen LogP) is 2.79. The minimum Gasteiger partial charge on any atom is -0.337 e. The average molecular weight is 326 g/mol. The lowest BCUT2D eigenvalue weighted by Crippen LogP contribution is -2.46. The summed E-state index contributed by atoms with van der Waals surface area (Å²) in [4.78, 5) is 28.8. The number of benzene rings is 1. The molecular weight excluding hydrogens is 300 g/mol. The van der Waals surface area contributed by atoms with Gasteiger partial charge in [0.1, 0.15) is 0 Å². The Bertz CT molecular complexity index is 615. The second kappa shape index (κ2) is 6.58. The molecule has 2 heterocycles. The van der Waals surface area contributed by atoms with E-state index in [0.29, 0.717) is 24.3 Å². The fourth-order valence-electron chi connectivity index (χ4n) is 4.93. The van der Waals surface area contributed by atoms with Crippen LogP contribution in [0.15, 0.2) is 30.3 Å². The van der Waals surface area contributed by atoms with Gasteiger partial charge in [-0.15, -0.1) is 0 Å². The van der Waals surface area contributed by atoms with Crippen LogP contribution in [0.25, 0.3) is 0 Å². The van der Waals surface area contributed by atoms with Gasteiger partial charge in [0.2, 0.25) is 11.8 Å². The van der Waals surface area contributed by atoms with E-state index in [4.69, 9.17) is 0 Å². The van der Waals surface area contributed by atoms with Crippen LogP contribution in [-0.4, -0.2) is 47.3 Å². The quantitative estimate of drug-likeness (QED) is 0.857. The molecule has 3 atom stereocenters. The van der Waals surface area contributed by atoms with Crippen LogP contribution >= 0.6 is 0 Å². The average Bonchev–Trinajstić information content (AvgIpc) is 3.20. The fraction of sp³-hybridized carbons (Fsp3) is 0.600. The fourth-order valence-corrected chi connectivity index (χ4v) is 4.93.